The molecule has 2 bridgehead atoms. The average Bonchev–Trinajstić information content (AvgIpc) is 3.63. The van der Waals surface area contributed by atoms with E-state index in [4.69, 9.17) is 4.98 Å². The smallest absolute Gasteiger partial charge is 0.309 e. The first-order valence-electron chi connectivity index (χ1n) is 14.9. The maximum atomic E-state index is 14.6. The molecule has 0 unspecified atom stereocenters. The van der Waals surface area contributed by atoms with Crippen molar-refractivity contribution in [2.45, 2.75) is 56.9 Å². The van der Waals surface area contributed by atoms with Gasteiger partial charge in [0.15, 0.2) is 23.6 Å². The number of nitrogens with zero attached hydrogens (tertiary/aromatic N) is 5. The van der Waals surface area contributed by atoms with Gasteiger partial charge in [-0.25, -0.2) is 31.3 Å². The van der Waals surface area contributed by atoms with Crippen LogP contribution >= 0.6 is 0 Å². The molecule has 0 aliphatic heterocycles. The number of carboxylic acid groups (broad SMARTS) is 1. The Kier molecular flexibility index (Phi) is 6.77. The lowest BCUT2D eigenvalue weighted by atomic mass is 9.52. The molecule has 0 spiro atoms. The highest BCUT2D eigenvalue weighted by atomic mass is 32.2. The van der Waals surface area contributed by atoms with Gasteiger partial charge in [0.1, 0.15) is 17.0 Å². The standard InChI is InChI=1S/C32H31FN6O5S/c1-3-32-12-10-19(11-13-32)27(26(32)31(41)42)35-29-25-9-6-21(17-40)39(25)37-28(36-29)24-16-38(30-23(24)14-20(33)15-34-30)45(43,44)22-7-4-18(2)5-8-22/h4-9,14-17,19,26-27H,3,10-13H2,1-2H3,(H,41,42)(H,35,36,37)/t19?,26-,27-,32?/m0/s1. The summed E-state index contributed by atoms with van der Waals surface area (Å²) in [7, 11) is -4.16. The number of carbonyl (C=O) groups is 2. The minimum absolute atomic E-state index is 0.0117. The molecule has 4 aromatic heterocycles. The molecule has 3 fully saturated rings. The Morgan fingerprint density at radius 3 is 2.58 bits per heavy atom. The topological polar surface area (TPSA) is 149 Å². The van der Waals surface area contributed by atoms with Crippen LogP contribution in [0.4, 0.5) is 10.2 Å². The van der Waals surface area contributed by atoms with Gasteiger partial charge in [-0.1, -0.05) is 24.6 Å². The fourth-order valence-electron chi connectivity index (χ4n) is 7.45. The first kappa shape index (κ1) is 29.1. The second kappa shape index (κ2) is 10.5. The molecule has 4 heterocycles. The Bertz CT molecular complexity index is 2100. The van der Waals surface area contributed by atoms with Crippen molar-refractivity contribution in [1.29, 1.82) is 0 Å². The van der Waals surface area contributed by atoms with Crippen LogP contribution in [0.15, 0.2) is 59.8 Å². The molecule has 5 aromatic rings. The number of halogens is 1. The zero-order valence-corrected chi connectivity index (χ0v) is 25.5. The molecule has 45 heavy (non-hydrogen) atoms. The van der Waals surface area contributed by atoms with Crippen molar-refractivity contribution in [1.82, 2.24) is 23.6 Å². The van der Waals surface area contributed by atoms with Gasteiger partial charge < -0.3 is 10.4 Å². The lowest BCUT2D eigenvalue weighted by Gasteiger charge is -2.55. The monoisotopic (exact) mass is 630 g/mol. The Morgan fingerprint density at radius 2 is 1.91 bits per heavy atom. The summed E-state index contributed by atoms with van der Waals surface area (Å²) < 4.78 is 44.5. The van der Waals surface area contributed by atoms with Gasteiger partial charge in [-0.15, -0.1) is 5.10 Å². The van der Waals surface area contributed by atoms with Crippen molar-refractivity contribution in [3.8, 4) is 11.4 Å². The number of aliphatic carboxylic acids is 1. The summed E-state index contributed by atoms with van der Waals surface area (Å²) in [5.74, 6) is -1.77. The lowest BCUT2D eigenvalue weighted by Crippen LogP contribution is -2.57. The summed E-state index contributed by atoms with van der Waals surface area (Å²) in [6.45, 7) is 3.88. The van der Waals surface area contributed by atoms with Crippen LogP contribution in [0.3, 0.4) is 0 Å². The van der Waals surface area contributed by atoms with E-state index in [2.05, 4.69) is 15.4 Å². The SMILES string of the molecule is CCC12CCC(CC1)[C@H](Nc1nc(-c3cn(S(=O)(=O)c4ccc(C)cc4)c4ncc(F)cc34)nn3c(C=O)ccc13)[C@H]2C(=O)O. The van der Waals surface area contributed by atoms with E-state index in [1.165, 1.54) is 28.9 Å². The second-order valence-corrected chi connectivity index (χ2v) is 14.0. The number of hydrogen-bond donors (Lipinski definition) is 2. The highest BCUT2D eigenvalue weighted by Gasteiger charge is 2.55. The lowest BCUT2D eigenvalue weighted by molar-refractivity contribution is -0.155. The number of aldehydes is 1. The van der Waals surface area contributed by atoms with E-state index in [1.807, 2.05) is 13.8 Å². The number of hydrogen-bond acceptors (Lipinski definition) is 8. The molecule has 3 aliphatic rings. The number of anilines is 1. The Balaban J connectivity index is 1.42. The number of aromatic nitrogens is 5. The van der Waals surface area contributed by atoms with Gasteiger partial charge in [-0.05, 0) is 80.7 Å². The van der Waals surface area contributed by atoms with E-state index >= 15 is 0 Å². The number of benzene rings is 1. The predicted octanol–water partition coefficient (Wildman–Crippen LogP) is 5.32. The first-order chi connectivity index (χ1) is 21.6. The Morgan fingerprint density at radius 1 is 1.18 bits per heavy atom. The molecule has 0 saturated heterocycles. The molecule has 8 rings (SSSR count). The molecule has 0 radical (unpaired) electrons. The zero-order valence-electron chi connectivity index (χ0n) is 24.6. The van der Waals surface area contributed by atoms with E-state index in [1.54, 1.807) is 24.3 Å². The van der Waals surface area contributed by atoms with Crippen LogP contribution in [0.25, 0.3) is 27.9 Å². The van der Waals surface area contributed by atoms with E-state index in [0.717, 1.165) is 47.8 Å². The molecule has 11 nitrogen and oxygen atoms in total. The van der Waals surface area contributed by atoms with Gasteiger partial charge in [0.2, 0.25) is 0 Å². The van der Waals surface area contributed by atoms with Crippen molar-refractivity contribution in [2.24, 2.45) is 17.3 Å². The van der Waals surface area contributed by atoms with Crippen molar-refractivity contribution < 1.29 is 27.5 Å². The quantitative estimate of drug-likeness (QED) is 0.217. The highest BCUT2D eigenvalue weighted by Crippen LogP contribution is 2.56. The Labute approximate surface area is 258 Å². The molecule has 13 heteroatoms. The number of fused-ring (bicyclic) bond motifs is 5. The first-order valence-corrected chi connectivity index (χ1v) is 16.3. The molecule has 2 atom stereocenters. The Hall–Kier alpha value is -4.65. The summed E-state index contributed by atoms with van der Waals surface area (Å²) in [5.41, 5.74) is 1.37. The zero-order chi connectivity index (χ0) is 31.7. The molecule has 232 valence electrons. The van der Waals surface area contributed by atoms with Crippen LogP contribution in [0, 0.1) is 30.0 Å². The number of aryl methyl sites for hydroxylation is 1. The van der Waals surface area contributed by atoms with Gasteiger partial charge in [-0.3, -0.25) is 9.59 Å². The summed E-state index contributed by atoms with van der Waals surface area (Å²) >= 11 is 0. The number of rotatable bonds is 8. The third kappa shape index (κ3) is 4.51. The van der Waals surface area contributed by atoms with Crippen LogP contribution in [0.1, 0.15) is 55.1 Å². The van der Waals surface area contributed by atoms with Gasteiger partial charge in [0, 0.05) is 23.2 Å². The highest BCUT2D eigenvalue weighted by molar-refractivity contribution is 7.90. The average molecular weight is 631 g/mol. The summed E-state index contributed by atoms with van der Waals surface area (Å²) in [6, 6.07) is 10.3. The summed E-state index contributed by atoms with van der Waals surface area (Å²) in [5, 5.41) is 18.6. The fourth-order valence-corrected chi connectivity index (χ4v) is 8.78. The minimum Gasteiger partial charge on any atom is -0.481 e. The maximum Gasteiger partial charge on any atom is 0.309 e. The normalized spacial score (nSPS) is 23.0. The minimum atomic E-state index is -4.16. The summed E-state index contributed by atoms with van der Waals surface area (Å²) in [4.78, 5) is 33.6. The van der Waals surface area contributed by atoms with Crippen LogP contribution in [-0.2, 0) is 14.8 Å². The summed E-state index contributed by atoms with van der Waals surface area (Å²) in [6.07, 6.45) is 7.09. The van der Waals surface area contributed by atoms with Gasteiger partial charge in [-0.2, -0.15) is 0 Å². The fraction of sp³-hybridized carbons (Fsp3) is 0.344. The second-order valence-electron chi connectivity index (χ2n) is 12.2. The van der Waals surface area contributed by atoms with Gasteiger partial charge in [0.25, 0.3) is 10.0 Å². The third-order valence-corrected chi connectivity index (χ3v) is 11.5. The van der Waals surface area contributed by atoms with E-state index in [-0.39, 0.29) is 44.3 Å². The number of nitrogens with one attached hydrogen (secondary N) is 1. The molecule has 3 saturated carbocycles. The molecular formula is C32H31FN6O5S. The molecule has 0 amide bonds. The third-order valence-electron chi connectivity index (χ3n) is 9.88. The number of pyridine rings is 1. The van der Waals surface area contributed by atoms with Crippen LogP contribution in [0.2, 0.25) is 0 Å². The van der Waals surface area contributed by atoms with Crippen LogP contribution in [0.5, 0.6) is 0 Å². The largest absolute Gasteiger partial charge is 0.481 e. The van der Waals surface area contributed by atoms with Gasteiger partial charge >= 0.3 is 5.97 Å². The van der Waals surface area contributed by atoms with E-state index in [9.17, 15) is 27.5 Å². The van der Waals surface area contributed by atoms with E-state index in [0.29, 0.717) is 17.6 Å². The molecule has 2 N–H and O–H groups in total. The van der Waals surface area contributed by atoms with Crippen LogP contribution in [-0.4, -0.2) is 55.4 Å². The number of carbonyl (C=O) groups excluding carboxylic acids is 1. The van der Waals surface area contributed by atoms with Crippen molar-refractivity contribution >= 4 is 44.6 Å². The van der Waals surface area contributed by atoms with Crippen molar-refractivity contribution in [3.05, 3.63) is 71.9 Å². The molecule has 1 aromatic carbocycles. The number of carboxylic acids is 1. The van der Waals surface area contributed by atoms with Crippen molar-refractivity contribution in [2.75, 3.05) is 5.32 Å². The van der Waals surface area contributed by atoms with Crippen molar-refractivity contribution in [3.63, 3.8) is 0 Å². The predicted molar refractivity (Wildman–Crippen MR) is 164 cm³/mol. The maximum absolute atomic E-state index is 14.6. The van der Waals surface area contributed by atoms with Gasteiger partial charge in [0.05, 0.1) is 17.0 Å². The van der Waals surface area contributed by atoms with Crippen LogP contribution < -0.4 is 5.32 Å². The van der Waals surface area contributed by atoms with E-state index < -0.39 is 33.8 Å². The molecule has 3 aliphatic carbocycles. The molecular weight excluding hydrogens is 599 g/mol.